The molecule has 170 valence electrons. The maximum atomic E-state index is 11.8. The SMILES string of the molecule is CC(=O)O[C@@H]1C(OCc2ccccc2)[C@H](C)OC(CO[Si](C)(C)C(C)(C)C)[C@@]1(C)O. The molecule has 0 aromatic heterocycles. The van der Waals surface area contributed by atoms with Crippen LogP contribution < -0.4 is 0 Å². The molecule has 5 atom stereocenters. The lowest BCUT2D eigenvalue weighted by Crippen LogP contribution is -2.67. The van der Waals surface area contributed by atoms with Gasteiger partial charge in [-0.15, -0.1) is 0 Å². The minimum absolute atomic E-state index is 0.0375. The summed E-state index contributed by atoms with van der Waals surface area (Å²) in [4.78, 5) is 11.8. The Morgan fingerprint density at radius 1 is 1.23 bits per heavy atom. The number of aliphatic hydroxyl groups is 1. The van der Waals surface area contributed by atoms with Crippen LogP contribution in [0.15, 0.2) is 30.3 Å². The van der Waals surface area contributed by atoms with Crippen LogP contribution in [-0.4, -0.2) is 56.0 Å². The molecule has 0 saturated carbocycles. The summed E-state index contributed by atoms with van der Waals surface area (Å²) in [5.74, 6) is -0.466. The number of esters is 1. The maximum absolute atomic E-state index is 11.8. The second kappa shape index (κ2) is 9.49. The maximum Gasteiger partial charge on any atom is 0.303 e. The van der Waals surface area contributed by atoms with Gasteiger partial charge in [0.2, 0.25) is 0 Å². The van der Waals surface area contributed by atoms with E-state index in [4.69, 9.17) is 18.6 Å². The molecule has 0 bridgehead atoms. The van der Waals surface area contributed by atoms with E-state index in [9.17, 15) is 9.90 Å². The smallest absolute Gasteiger partial charge is 0.303 e. The Morgan fingerprint density at radius 2 is 1.83 bits per heavy atom. The van der Waals surface area contributed by atoms with E-state index in [2.05, 4.69) is 33.9 Å². The highest BCUT2D eigenvalue weighted by Crippen LogP contribution is 2.39. The van der Waals surface area contributed by atoms with Gasteiger partial charge in [-0.25, -0.2) is 0 Å². The molecule has 1 heterocycles. The number of carbonyl (C=O) groups excluding carboxylic acids is 1. The summed E-state index contributed by atoms with van der Waals surface area (Å²) in [6.45, 7) is 16.2. The monoisotopic (exact) mass is 438 g/mol. The molecule has 1 saturated heterocycles. The summed E-state index contributed by atoms with van der Waals surface area (Å²) in [6, 6.07) is 9.74. The summed E-state index contributed by atoms with van der Waals surface area (Å²) >= 11 is 0. The van der Waals surface area contributed by atoms with Crippen molar-refractivity contribution in [1.82, 2.24) is 0 Å². The first-order chi connectivity index (χ1) is 13.8. The second-order valence-corrected chi connectivity index (χ2v) is 14.7. The standard InChI is InChI=1S/C23H38O6Si/c1-16-20(26-14-18-12-10-9-11-13-18)21(29-17(2)24)23(6,25)19(28-16)15-27-30(7,8)22(3,4)5/h9-13,16,19-21,25H,14-15H2,1-8H3/t16-,19?,20?,21+,23+/m0/s1. The van der Waals surface area contributed by atoms with Crippen molar-refractivity contribution in [3.05, 3.63) is 35.9 Å². The highest BCUT2D eigenvalue weighted by atomic mass is 28.4. The van der Waals surface area contributed by atoms with E-state index >= 15 is 0 Å². The van der Waals surface area contributed by atoms with Gasteiger partial charge in [-0.2, -0.15) is 0 Å². The third-order valence-electron chi connectivity index (χ3n) is 6.35. The molecule has 0 amide bonds. The van der Waals surface area contributed by atoms with E-state index in [-0.39, 0.29) is 17.7 Å². The average molecular weight is 439 g/mol. The van der Waals surface area contributed by atoms with Gasteiger partial charge in [-0.1, -0.05) is 51.1 Å². The second-order valence-electron chi connectivity index (χ2n) is 9.92. The molecule has 1 aliphatic heterocycles. The van der Waals surface area contributed by atoms with E-state index in [1.165, 1.54) is 6.92 Å². The third kappa shape index (κ3) is 5.92. The first kappa shape index (κ1) is 25.0. The van der Waals surface area contributed by atoms with Gasteiger partial charge in [0.25, 0.3) is 0 Å². The largest absolute Gasteiger partial charge is 0.456 e. The van der Waals surface area contributed by atoms with Crippen molar-refractivity contribution in [2.24, 2.45) is 0 Å². The molecular formula is C23H38O6Si. The van der Waals surface area contributed by atoms with Crippen LogP contribution in [0, 0.1) is 0 Å². The van der Waals surface area contributed by atoms with Crippen molar-refractivity contribution in [3.63, 3.8) is 0 Å². The summed E-state index contributed by atoms with van der Waals surface area (Å²) in [6.07, 6.45) is -2.49. The van der Waals surface area contributed by atoms with Crippen LogP contribution in [0.1, 0.15) is 47.1 Å². The summed E-state index contributed by atoms with van der Waals surface area (Å²) < 4.78 is 24.1. The molecular weight excluding hydrogens is 400 g/mol. The summed E-state index contributed by atoms with van der Waals surface area (Å²) in [5.41, 5.74) is -0.462. The molecule has 2 rings (SSSR count). The fourth-order valence-electron chi connectivity index (χ4n) is 3.30. The minimum atomic E-state index is -2.03. The molecule has 2 unspecified atom stereocenters. The number of carbonyl (C=O) groups is 1. The fourth-order valence-corrected chi connectivity index (χ4v) is 4.30. The third-order valence-corrected chi connectivity index (χ3v) is 10.8. The van der Waals surface area contributed by atoms with Crippen molar-refractivity contribution in [2.75, 3.05) is 6.61 Å². The van der Waals surface area contributed by atoms with Gasteiger partial charge < -0.3 is 23.7 Å². The Kier molecular flexibility index (Phi) is 7.91. The Hall–Kier alpha value is -1.25. The van der Waals surface area contributed by atoms with Gasteiger partial charge >= 0.3 is 5.97 Å². The predicted octanol–water partition coefficient (Wildman–Crippen LogP) is 4.06. The number of hydrogen-bond acceptors (Lipinski definition) is 6. The lowest BCUT2D eigenvalue weighted by Gasteiger charge is -2.49. The van der Waals surface area contributed by atoms with Gasteiger partial charge in [0.1, 0.15) is 17.8 Å². The lowest BCUT2D eigenvalue weighted by atomic mass is 9.84. The highest BCUT2D eigenvalue weighted by molar-refractivity contribution is 6.74. The van der Waals surface area contributed by atoms with Gasteiger partial charge in [0.15, 0.2) is 14.4 Å². The van der Waals surface area contributed by atoms with Crippen molar-refractivity contribution < 1.29 is 28.5 Å². The van der Waals surface area contributed by atoms with Crippen LogP contribution >= 0.6 is 0 Å². The van der Waals surface area contributed by atoms with E-state index in [0.29, 0.717) is 6.61 Å². The van der Waals surface area contributed by atoms with Crippen molar-refractivity contribution in [3.8, 4) is 0 Å². The molecule has 1 aliphatic rings. The average Bonchev–Trinajstić information content (AvgIpc) is 2.62. The normalized spacial score (nSPS) is 30.2. The summed E-state index contributed by atoms with van der Waals surface area (Å²) in [7, 11) is -2.03. The molecule has 0 spiro atoms. The van der Waals surface area contributed by atoms with Crippen LogP contribution in [-0.2, 0) is 30.0 Å². The van der Waals surface area contributed by atoms with Gasteiger partial charge in [0, 0.05) is 6.92 Å². The molecule has 1 aromatic carbocycles. The van der Waals surface area contributed by atoms with E-state index in [1.807, 2.05) is 37.3 Å². The van der Waals surface area contributed by atoms with Crippen LogP contribution in [0.2, 0.25) is 18.1 Å². The van der Waals surface area contributed by atoms with Gasteiger partial charge in [-0.05, 0) is 37.5 Å². The first-order valence-electron chi connectivity index (χ1n) is 10.6. The zero-order valence-corrected chi connectivity index (χ0v) is 20.6. The van der Waals surface area contributed by atoms with Crippen molar-refractivity contribution in [2.45, 2.75) is 96.3 Å². The molecule has 1 aromatic rings. The number of ether oxygens (including phenoxy) is 3. The molecule has 0 radical (unpaired) electrons. The molecule has 1 N–H and O–H groups in total. The lowest BCUT2D eigenvalue weighted by molar-refractivity contribution is -0.280. The zero-order valence-electron chi connectivity index (χ0n) is 19.6. The van der Waals surface area contributed by atoms with E-state index in [1.54, 1.807) is 6.92 Å². The van der Waals surface area contributed by atoms with Crippen molar-refractivity contribution in [1.29, 1.82) is 0 Å². The van der Waals surface area contributed by atoms with Crippen LogP contribution in [0.5, 0.6) is 0 Å². The molecule has 6 nitrogen and oxygen atoms in total. The predicted molar refractivity (Wildman–Crippen MR) is 119 cm³/mol. The summed E-state index contributed by atoms with van der Waals surface area (Å²) in [5, 5.41) is 11.4. The van der Waals surface area contributed by atoms with Gasteiger partial charge in [0.05, 0.1) is 19.3 Å². The molecule has 7 heteroatoms. The van der Waals surface area contributed by atoms with Crippen LogP contribution in [0.4, 0.5) is 0 Å². The van der Waals surface area contributed by atoms with Gasteiger partial charge in [-0.3, -0.25) is 4.79 Å². The Bertz CT molecular complexity index is 697. The van der Waals surface area contributed by atoms with E-state index < -0.39 is 38.2 Å². The molecule has 0 aliphatic carbocycles. The number of hydrogen-bond donors (Lipinski definition) is 1. The number of rotatable bonds is 7. The Morgan fingerprint density at radius 3 is 2.37 bits per heavy atom. The van der Waals surface area contributed by atoms with Crippen LogP contribution in [0.3, 0.4) is 0 Å². The first-order valence-corrected chi connectivity index (χ1v) is 13.5. The minimum Gasteiger partial charge on any atom is -0.456 e. The highest BCUT2D eigenvalue weighted by Gasteiger charge is 2.55. The molecule has 30 heavy (non-hydrogen) atoms. The Balaban J connectivity index is 2.18. The Labute approximate surface area is 182 Å². The zero-order chi connectivity index (χ0) is 22.7. The number of benzene rings is 1. The van der Waals surface area contributed by atoms with E-state index in [0.717, 1.165) is 5.56 Å². The molecule has 1 fully saturated rings. The topological polar surface area (TPSA) is 74.2 Å². The fraction of sp³-hybridized carbons (Fsp3) is 0.696. The van der Waals surface area contributed by atoms with Crippen LogP contribution in [0.25, 0.3) is 0 Å². The quantitative estimate of drug-likeness (QED) is 0.511. The van der Waals surface area contributed by atoms with Crippen molar-refractivity contribution >= 4 is 14.3 Å².